The second-order valence-electron chi connectivity index (χ2n) is 7.90. The van der Waals surface area contributed by atoms with Crippen LogP contribution >= 0.6 is 0 Å². The number of hydrogen-bond donors (Lipinski definition) is 3. The van der Waals surface area contributed by atoms with Crippen molar-refractivity contribution >= 4 is 22.9 Å². The third-order valence-electron chi connectivity index (χ3n) is 4.28. The van der Waals surface area contributed by atoms with Gasteiger partial charge in [0.2, 0.25) is 5.43 Å². The molecule has 156 valence electrons. The van der Waals surface area contributed by atoms with E-state index in [1.165, 1.54) is 6.20 Å². The molecule has 1 heterocycles. The van der Waals surface area contributed by atoms with Gasteiger partial charge in [-0.05, 0) is 57.0 Å². The predicted octanol–water partition coefficient (Wildman–Crippen LogP) is 3.55. The standard InChI is InChI=1S/C23H25N3O4/c1-23(2,3)30-22(29)25-13-15-8-4-5-9-16(12-15)26-21(28)18-14-24-19-11-7-6-10-17(19)20(18)27/h5-12,14H,4,13H2,1-3H3,(H,24,27)(H,25,29)(H,26,28). The Morgan fingerprint density at radius 3 is 2.73 bits per heavy atom. The summed E-state index contributed by atoms with van der Waals surface area (Å²) in [7, 11) is 0. The first-order valence-electron chi connectivity index (χ1n) is 9.69. The molecule has 1 aromatic heterocycles. The summed E-state index contributed by atoms with van der Waals surface area (Å²) in [5, 5.41) is 5.93. The van der Waals surface area contributed by atoms with E-state index < -0.39 is 17.6 Å². The zero-order valence-electron chi connectivity index (χ0n) is 17.2. The lowest BCUT2D eigenvalue weighted by atomic mass is 10.1. The minimum atomic E-state index is -0.578. The van der Waals surface area contributed by atoms with Gasteiger partial charge < -0.3 is 20.4 Å². The minimum Gasteiger partial charge on any atom is -0.444 e. The van der Waals surface area contributed by atoms with Crippen molar-refractivity contribution in [3.63, 3.8) is 0 Å². The second-order valence-corrected chi connectivity index (χ2v) is 7.90. The molecule has 0 bridgehead atoms. The van der Waals surface area contributed by atoms with Crippen LogP contribution in [0.5, 0.6) is 0 Å². The molecule has 0 radical (unpaired) electrons. The average molecular weight is 407 g/mol. The zero-order chi connectivity index (χ0) is 21.7. The number of H-pyrrole nitrogens is 1. The quantitative estimate of drug-likeness (QED) is 0.721. The molecule has 3 rings (SSSR count). The van der Waals surface area contributed by atoms with Crippen LogP contribution in [-0.2, 0) is 4.74 Å². The maximum Gasteiger partial charge on any atom is 0.407 e. The van der Waals surface area contributed by atoms with Crippen LogP contribution in [0.25, 0.3) is 10.9 Å². The molecule has 0 saturated heterocycles. The molecule has 0 spiro atoms. The molecular formula is C23H25N3O4. The normalized spacial score (nSPS) is 13.8. The number of allylic oxidation sites excluding steroid dienone is 3. The number of carbonyl (C=O) groups is 2. The summed E-state index contributed by atoms with van der Waals surface area (Å²) < 4.78 is 5.24. The highest BCUT2D eigenvalue weighted by Gasteiger charge is 2.17. The van der Waals surface area contributed by atoms with E-state index >= 15 is 0 Å². The number of para-hydroxylation sites is 1. The van der Waals surface area contributed by atoms with Crippen molar-refractivity contribution in [2.24, 2.45) is 0 Å². The monoisotopic (exact) mass is 407 g/mol. The molecule has 30 heavy (non-hydrogen) atoms. The lowest BCUT2D eigenvalue weighted by Crippen LogP contribution is -2.33. The first-order chi connectivity index (χ1) is 14.2. The molecule has 0 saturated carbocycles. The van der Waals surface area contributed by atoms with E-state index in [0.29, 0.717) is 23.0 Å². The Kier molecular flexibility index (Phi) is 6.20. The summed E-state index contributed by atoms with van der Waals surface area (Å²) in [6.07, 6.45) is 8.91. The number of carbonyl (C=O) groups excluding carboxylic acids is 2. The number of rotatable bonds is 4. The second kappa shape index (κ2) is 8.82. The fraction of sp³-hybridized carbons (Fsp3) is 0.261. The van der Waals surface area contributed by atoms with Gasteiger partial charge in [0.15, 0.2) is 0 Å². The number of aromatic nitrogens is 1. The molecule has 1 aromatic carbocycles. The van der Waals surface area contributed by atoms with Crippen molar-refractivity contribution < 1.29 is 14.3 Å². The molecule has 0 unspecified atom stereocenters. The van der Waals surface area contributed by atoms with Crippen molar-refractivity contribution in [2.45, 2.75) is 32.8 Å². The summed E-state index contributed by atoms with van der Waals surface area (Å²) in [5.41, 5.74) is 1.14. The number of hydrogen-bond acceptors (Lipinski definition) is 4. The summed E-state index contributed by atoms with van der Waals surface area (Å²) in [6, 6.07) is 7.03. The summed E-state index contributed by atoms with van der Waals surface area (Å²) >= 11 is 0. The van der Waals surface area contributed by atoms with Gasteiger partial charge in [-0.1, -0.05) is 24.3 Å². The smallest absolute Gasteiger partial charge is 0.407 e. The van der Waals surface area contributed by atoms with Crippen molar-refractivity contribution in [1.29, 1.82) is 0 Å². The highest BCUT2D eigenvalue weighted by Crippen LogP contribution is 2.12. The van der Waals surface area contributed by atoms with Crippen molar-refractivity contribution in [1.82, 2.24) is 15.6 Å². The number of alkyl carbamates (subject to hydrolysis) is 1. The molecule has 0 aliphatic heterocycles. The highest BCUT2D eigenvalue weighted by atomic mass is 16.6. The van der Waals surface area contributed by atoms with Gasteiger partial charge in [0.05, 0.1) is 0 Å². The SMILES string of the molecule is CC(C)(C)OC(=O)NCC1=CCC=CC(NC(=O)c2c[nH]c3ccccc3c2=O)=C1. The summed E-state index contributed by atoms with van der Waals surface area (Å²) in [5.74, 6) is -0.501. The maximum atomic E-state index is 12.7. The Morgan fingerprint density at radius 2 is 1.97 bits per heavy atom. The summed E-state index contributed by atoms with van der Waals surface area (Å²) in [4.78, 5) is 40.2. The molecule has 1 aliphatic rings. The molecule has 1 aliphatic carbocycles. The number of amides is 2. The van der Waals surface area contributed by atoms with Gasteiger partial charge in [-0.3, -0.25) is 9.59 Å². The third-order valence-corrected chi connectivity index (χ3v) is 4.28. The van der Waals surface area contributed by atoms with Crippen molar-refractivity contribution in [3.8, 4) is 0 Å². The van der Waals surface area contributed by atoms with Crippen LogP contribution in [0.2, 0.25) is 0 Å². The molecule has 2 aromatic rings. The van der Waals surface area contributed by atoms with Crippen LogP contribution in [0.1, 0.15) is 37.6 Å². The van der Waals surface area contributed by atoms with Crippen LogP contribution in [0.15, 0.2) is 70.8 Å². The maximum absolute atomic E-state index is 12.7. The Morgan fingerprint density at radius 1 is 1.20 bits per heavy atom. The first kappa shape index (κ1) is 21.1. The van der Waals surface area contributed by atoms with Gasteiger partial charge in [0.25, 0.3) is 5.91 Å². The lowest BCUT2D eigenvalue weighted by Gasteiger charge is -2.19. The van der Waals surface area contributed by atoms with Gasteiger partial charge >= 0.3 is 6.09 Å². The van der Waals surface area contributed by atoms with Crippen LogP contribution in [0, 0.1) is 0 Å². The first-order valence-corrected chi connectivity index (χ1v) is 9.69. The van der Waals surface area contributed by atoms with E-state index in [4.69, 9.17) is 4.74 Å². The van der Waals surface area contributed by atoms with Crippen LogP contribution in [-0.4, -0.2) is 29.1 Å². The predicted molar refractivity (Wildman–Crippen MR) is 116 cm³/mol. The number of pyridine rings is 1. The van der Waals surface area contributed by atoms with Crippen LogP contribution < -0.4 is 16.1 Å². The minimum absolute atomic E-state index is 0.0321. The lowest BCUT2D eigenvalue weighted by molar-refractivity contribution is 0.0532. The Balaban J connectivity index is 1.71. The van der Waals surface area contributed by atoms with Crippen molar-refractivity contribution in [3.05, 3.63) is 81.8 Å². The van der Waals surface area contributed by atoms with Gasteiger partial charge in [-0.15, -0.1) is 0 Å². The van der Waals surface area contributed by atoms with Gasteiger partial charge in [-0.2, -0.15) is 0 Å². The number of aromatic amines is 1. The molecule has 3 N–H and O–H groups in total. The van der Waals surface area contributed by atoms with E-state index in [1.807, 2.05) is 18.2 Å². The zero-order valence-corrected chi connectivity index (χ0v) is 17.2. The Labute approximate surface area is 174 Å². The molecule has 0 atom stereocenters. The molecule has 2 amide bonds. The Bertz CT molecular complexity index is 1120. The molecule has 0 fully saturated rings. The fourth-order valence-electron chi connectivity index (χ4n) is 2.95. The van der Waals surface area contributed by atoms with E-state index in [0.717, 1.165) is 5.57 Å². The number of nitrogens with one attached hydrogen (secondary N) is 3. The number of benzene rings is 1. The molecular weight excluding hydrogens is 382 g/mol. The number of ether oxygens (including phenoxy) is 1. The van der Waals surface area contributed by atoms with E-state index in [1.54, 1.807) is 51.1 Å². The van der Waals surface area contributed by atoms with Gasteiger partial charge in [0.1, 0.15) is 11.2 Å². The molecule has 7 heteroatoms. The highest BCUT2D eigenvalue weighted by molar-refractivity contribution is 5.98. The van der Waals surface area contributed by atoms with Crippen LogP contribution in [0.4, 0.5) is 4.79 Å². The van der Waals surface area contributed by atoms with E-state index in [-0.39, 0.29) is 17.5 Å². The van der Waals surface area contributed by atoms with E-state index in [9.17, 15) is 14.4 Å². The van der Waals surface area contributed by atoms with Gasteiger partial charge in [-0.25, -0.2) is 4.79 Å². The van der Waals surface area contributed by atoms with E-state index in [2.05, 4.69) is 15.6 Å². The largest absolute Gasteiger partial charge is 0.444 e. The van der Waals surface area contributed by atoms with Crippen molar-refractivity contribution in [2.75, 3.05) is 6.54 Å². The molecule has 7 nitrogen and oxygen atoms in total. The topological polar surface area (TPSA) is 100 Å². The Hall–Kier alpha value is -3.61. The van der Waals surface area contributed by atoms with Gasteiger partial charge in [0, 0.05) is 29.3 Å². The fourth-order valence-corrected chi connectivity index (χ4v) is 2.95. The third kappa shape index (κ3) is 5.47. The van der Waals surface area contributed by atoms with Crippen LogP contribution in [0.3, 0.4) is 0 Å². The average Bonchev–Trinajstić information content (AvgIpc) is 2.90. The summed E-state index contributed by atoms with van der Waals surface area (Å²) in [6.45, 7) is 5.64. The number of fused-ring (bicyclic) bond motifs is 1.